The average Bonchev–Trinajstić information content (AvgIpc) is 3.34. The van der Waals surface area contributed by atoms with E-state index in [0.717, 1.165) is 44.4 Å². The maximum atomic E-state index is 9.74. The molecule has 3 nitrogen and oxygen atoms in total. The molecule has 2 N–H and O–H groups in total. The summed E-state index contributed by atoms with van der Waals surface area (Å²) in [6.45, 7) is 6.38. The second kappa shape index (κ2) is 7.58. The van der Waals surface area contributed by atoms with Gasteiger partial charge in [-0.25, -0.2) is 0 Å². The van der Waals surface area contributed by atoms with Crippen LogP contribution in [0.15, 0.2) is 30.3 Å². The minimum absolute atomic E-state index is 0.146. The number of piperidine rings is 1. The molecule has 2 aliphatic rings. The Labute approximate surface area is 134 Å². The molecular weight excluding hydrogens is 272 g/mol. The van der Waals surface area contributed by atoms with Crippen LogP contribution in [0.4, 0.5) is 0 Å². The van der Waals surface area contributed by atoms with Crippen molar-refractivity contribution in [1.82, 2.24) is 10.2 Å². The fourth-order valence-electron chi connectivity index (χ4n) is 3.61. The zero-order chi connectivity index (χ0) is 15.4. The minimum Gasteiger partial charge on any atom is -0.392 e. The smallest absolute Gasteiger partial charge is 0.0664 e. The van der Waals surface area contributed by atoms with Gasteiger partial charge in [0.2, 0.25) is 0 Å². The van der Waals surface area contributed by atoms with Crippen molar-refractivity contribution in [3.05, 3.63) is 35.9 Å². The Morgan fingerprint density at radius 3 is 2.64 bits per heavy atom. The summed E-state index contributed by atoms with van der Waals surface area (Å²) in [5.41, 5.74) is 1.49. The number of aliphatic hydroxyl groups excluding tert-OH is 1. The maximum absolute atomic E-state index is 9.74. The van der Waals surface area contributed by atoms with Gasteiger partial charge in [0.15, 0.2) is 0 Å². The van der Waals surface area contributed by atoms with E-state index in [9.17, 15) is 5.11 Å². The second-order valence-corrected chi connectivity index (χ2v) is 7.07. The first-order valence-corrected chi connectivity index (χ1v) is 8.95. The molecule has 3 atom stereocenters. The van der Waals surface area contributed by atoms with Crippen LogP contribution in [0.1, 0.15) is 44.1 Å². The molecule has 1 saturated heterocycles. The Morgan fingerprint density at radius 2 is 1.95 bits per heavy atom. The highest BCUT2D eigenvalue weighted by molar-refractivity contribution is 5.27. The van der Waals surface area contributed by atoms with Crippen LogP contribution in [0.25, 0.3) is 0 Å². The van der Waals surface area contributed by atoms with Gasteiger partial charge in [0.1, 0.15) is 0 Å². The summed E-state index contributed by atoms with van der Waals surface area (Å²) in [5, 5.41) is 13.5. The number of β-amino-alcohol motifs (C(OH)–C–C–N with tert-alkyl or cyclic N) is 1. The van der Waals surface area contributed by atoms with Crippen LogP contribution in [0.3, 0.4) is 0 Å². The van der Waals surface area contributed by atoms with E-state index in [2.05, 4.69) is 47.5 Å². The van der Waals surface area contributed by atoms with Gasteiger partial charge in [0.05, 0.1) is 6.10 Å². The highest BCUT2D eigenvalue weighted by Crippen LogP contribution is 2.40. The third kappa shape index (κ3) is 4.31. The summed E-state index contributed by atoms with van der Waals surface area (Å²) >= 11 is 0. The van der Waals surface area contributed by atoms with E-state index in [4.69, 9.17) is 0 Å². The van der Waals surface area contributed by atoms with Gasteiger partial charge >= 0.3 is 0 Å². The number of nitrogens with zero attached hydrogens (tertiary/aromatic N) is 1. The highest BCUT2D eigenvalue weighted by Gasteiger charge is 2.38. The van der Waals surface area contributed by atoms with Crippen molar-refractivity contribution in [3.63, 3.8) is 0 Å². The van der Waals surface area contributed by atoms with E-state index in [-0.39, 0.29) is 6.10 Å². The fraction of sp³-hybridized carbons (Fsp3) is 0.684. The quantitative estimate of drug-likeness (QED) is 0.813. The molecule has 122 valence electrons. The Kier molecular flexibility index (Phi) is 5.51. The Bertz CT molecular complexity index is 442. The number of hydrogen-bond donors (Lipinski definition) is 2. The van der Waals surface area contributed by atoms with Crippen molar-refractivity contribution in [2.45, 2.75) is 50.7 Å². The molecule has 1 heterocycles. The lowest BCUT2D eigenvalue weighted by Crippen LogP contribution is -2.41. The van der Waals surface area contributed by atoms with Crippen molar-refractivity contribution < 1.29 is 5.11 Å². The van der Waals surface area contributed by atoms with E-state index >= 15 is 0 Å². The van der Waals surface area contributed by atoms with Crippen LogP contribution >= 0.6 is 0 Å². The lowest BCUT2D eigenvalue weighted by molar-refractivity contribution is 0.0867. The fourth-order valence-corrected chi connectivity index (χ4v) is 3.61. The van der Waals surface area contributed by atoms with Gasteiger partial charge in [0, 0.05) is 18.5 Å². The standard InChI is InChI=1S/C19H30N2O/c1-2-17(22)14-21-10-8-15(9-11-21)13-20-19-12-18(19)16-6-4-3-5-7-16/h3-7,15,17-20,22H,2,8-14H2,1H3/t17?,18-,19?/m0/s1. The van der Waals surface area contributed by atoms with E-state index < -0.39 is 0 Å². The largest absolute Gasteiger partial charge is 0.392 e. The Hall–Kier alpha value is -0.900. The molecule has 0 spiro atoms. The van der Waals surface area contributed by atoms with Crippen molar-refractivity contribution in [3.8, 4) is 0 Å². The number of aliphatic hydroxyl groups is 1. The van der Waals surface area contributed by atoms with E-state index in [1.165, 1.54) is 24.8 Å². The Morgan fingerprint density at radius 1 is 1.23 bits per heavy atom. The number of benzene rings is 1. The molecule has 1 aliphatic carbocycles. The summed E-state index contributed by atoms with van der Waals surface area (Å²) in [6, 6.07) is 11.6. The molecule has 0 aromatic heterocycles. The highest BCUT2D eigenvalue weighted by atomic mass is 16.3. The number of hydrogen-bond acceptors (Lipinski definition) is 3. The average molecular weight is 302 g/mol. The van der Waals surface area contributed by atoms with Gasteiger partial charge in [-0.1, -0.05) is 37.3 Å². The Balaban J connectivity index is 1.33. The topological polar surface area (TPSA) is 35.5 Å². The van der Waals surface area contributed by atoms with E-state index in [0.29, 0.717) is 6.04 Å². The SMILES string of the molecule is CCC(O)CN1CCC(CNC2C[C@H]2c2ccccc2)CC1. The van der Waals surface area contributed by atoms with Gasteiger partial charge < -0.3 is 15.3 Å². The summed E-state index contributed by atoms with van der Waals surface area (Å²) in [5.74, 6) is 1.55. The van der Waals surface area contributed by atoms with Crippen LogP contribution in [-0.2, 0) is 0 Å². The summed E-state index contributed by atoms with van der Waals surface area (Å²) < 4.78 is 0. The maximum Gasteiger partial charge on any atom is 0.0664 e. The molecule has 0 bridgehead atoms. The molecule has 22 heavy (non-hydrogen) atoms. The molecule has 3 rings (SSSR count). The first-order chi connectivity index (χ1) is 10.8. The molecular formula is C19H30N2O. The summed E-state index contributed by atoms with van der Waals surface area (Å²) in [4.78, 5) is 2.43. The molecule has 1 aromatic rings. The van der Waals surface area contributed by atoms with Crippen LogP contribution in [-0.4, -0.2) is 48.3 Å². The molecule has 1 aromatic carbocycles. The van der Waals surface area contributed by atoms with Gasteiger partial charge in [-0.3, -0.25) is 0 Å². The van der Waals surface area contributed by atoms with Crippen molar-refractivity contribution in [1.29, 1.82) is 0 Å². The lowest BCUT2D eigenvalue weighted by atomic mass is 9.96. The van der Waals surface area contributed by atoms with Crippen molar-refractivity contribution >= 4 is 0 Å². The van der Waals surface area contributed by atoms with Gasteiger partial charge in [0.25, 0.3) is 0 Å². The minimum atomic E-state index is -0.146. The predicted molar refractivity (Wildman–Crippen MR) is 91.1 cm³/mol. The molecule has 1 saturated carbocycles. The third-order valence-corrected chi connectivity index (χ3v) is 5.33. The lowest BCUT2D eigenvalue weighted by Gasteiger charge is -2.33. The van der Waals surface area contributed by atoms with E-state index in [1.54, 1.807) is 0 Å². The molecule has 0 radical (unpaired) electrons. The third-order valence-electron chi connectivity index (χ3n) is 5.33. The number of rotatable bonds is 7. The molecule has 1 aliphatic heterocycles. The molecule has 2 unspecified atom stereocenters. The van der Waals surface area contributed by atoms with E-state index in [1.807, 2.05) is 0 Å². The zero-order valence-electron chi connectivity index (χ0n) is 13.7. The van der Waals surface area contributed by atoms with Gasteiger partial charge in [-0.15, -0.1) is 0 Å². The van der Waals surface area contributed by atoms with Crippen LogP contribution in [0.5, 0.6) is 0 Å². The molecule has 0 amide bonds. The van der Waals surface area contributed by atoms with Gasteiger partial charge in [-0.2, -0.15) is 0 Å². The summed E-state index contributed by atoms with van der Waals surface area (Å²) in [7, 11) is 0. The normalized spacial score (nSPS) is 27.7. The molecule has 2 fully saturated rings. The monoisotopic (exact) mass is 302 g/mol. The first kappa shape index (κ1) is 16.0. The number of likely N-dealkylation sites (tertiary alicyclic amines) is 1. The van der Waals surface area contributed by atoms with Gasteiger partial charge in [-0.05, 0) is 56.8 Å². The second-order valence-electron chi connectivity index (χ2n) is 7.07. The van der Waals surface area contributed by atoms with Crippen molar-refractivity contribution in [2.75, 3.05) is 26.2 Å². The first-order valence-electron chi connectivity index (χ1n) is 8.95. The van der Waals surface area contributed by atoms with Crippen LogP contribution < -0.4 is 5.32 Å². The molecule has 3 heteroatoms. The summed E-state index contributed by atoms with van der Waals surface area (Å²) in [6.07, 6.45) is 4.56. The van der Waals surface area contributed by atoms with Crippen LogP contribution in [0.2, 0.25) is 0 Å². The predicted octanol–water partition coefficient (Wildman–Crippen LogP) is 2.62. The van der Waals surface area contributed by atoms with Crippen LogP contribution in [0, 0.1) is 5.92 Å². The number of nitrogens with one attached hydrogen (secondary N) is 1. The zero-order valence-corrected chi connectivity index (χ0v) is 13.7. The van der Waals surface area contributed by atoms with Crippen molar-refractivity contribution in [2.24, 2.45) is 5.92 Å².